The second-order valence-electron chi connectivity index (χ2n) is 6.84. The zero-order chi connectivity index (χ0) is 22.1. The highest BCUT2D eigenvalue weighted by Crippen LogP contribution is 2.27. The molecule has 30 heavy (non-hydrogen) atoms. The van der Waals surface area contributed by atoms with E-state index in [1.165, 1.54) is 4.90 Å². The smallest absolute Gasteiger partial charge is 0.261 e. The maximum atomic E-state index is 13.0. The van der Waals surface area contributed by atoms with Gasteiger partial charge in [-0.1, -0.05) is 64.6 Å². The molecule has 2 amide bonds. The molecule has 0 aliphatic rings. The fourth-order valence-electron chi connectivity index (χ4n) is 2.77. The minimum absolute atomic E-state index is 0.198. The normalized spacial score (nSPS) is 11.6. The molecule has 0 aliphatic heterocycles. The molecule has 0 fully saturated rings. The Balaban J connectivity index is 2.13. The third kappa shape index (κ3) is 7.49. The fourth-order valence-corrected chi connectivity index (χ4v) is 3.68. The van der Waals surface area contributed by atoms with E-state index in [9.17, 15) is 9.59 Å². The zero-order valence-corrected chi connectivity index (χ0v) is 20.1. The number of carbonyl (C=O) groups is 2. The van der Waals surface area contributed by atoms with Crippen LogP contribution in [0.15, 0.2) is 46.9 Å². The van der Waals surface area contributed by atoms with Crippen molar-refractivity contribution in [3.05, 3.63) is 62.5 Å². The SMILES string of the molecule is CCCCNC(=O)[C@@H](C)N(Cc1cccc(Br)c1)C(=O)COc1ccc(Cl)cc1Cl. The van der Waals surface area contributed by atoms with Gasteiger partial charge >= 0.3 is 0 Å². The van der Waals surface area contributed by atoms with Crippen LogP contribution in [0.4, 0.5) is 0 Å². The van der Waals surface area contributed by atoms with Crippen molar-refractivity contribution >= 4 is 50.9 Å². The van der Waals surface area contributed by atoms with E-state index >= 15 is 0 Å². The molecule has 0 aromatic heterocycles. The summed E-state index contributed by atoms with van der Waals surface area (Å²) >= 11 is 15.5. The Morgan fingerprint density at radius 2 is 1.97 bits per heavy atom. The third-order valence-corrected chi connectivity index (χ3v) is 5.51. The number of rotatable bonds is 10. The standard InChI is InChI=1S/C22H25BrCl2N2O3/c1-3-4-10-26-22(29)15(2)27(13-16-6-5-7-17(23)11-16)21(28)14-30-20-9-8-18(24)12-19(20)25/h5-9,11-12,15H,3-4,10,13-14H2,1-2H3,(H,26,29)/t15-/m1/s1. The van der Waals surface area contributed by atoms with Crippen molar-refractivity contribution in [1.29, 1.82) is 0 Å². The number of amides is 2. The molecule has 0 heterocycles. The van der Waals surface area contributed by atoms with Gasteiger partial charge in [0.05, 0.1) is 5.02 Å². The lowest BCUT2D eigenvalue weighted by molar-refractivity contribution is -0.142. The summed E-state index contributed by atoms with van der Waals surface area (Å²) in [7, 11) is 0. The minimum atomic E-state index is -0.655. The first-order chi connectivity index (χ1) is 14.3. The number of nitrogens with one attached hydrogen (secondary N) is 1. The van der Waals surface area contributed by atoms with E-state index in [0.717, 1.165) is 22.9 Å². The van der Waals surface area contributed by atoms with E-state index in [1.54, 1.807) is 25.1 Å². The monoisotopic (exact) mass is 514 g/mol. The Hall–Kier alpha value is -1.76. The van der Waals surface area contributed by atoms with Gasteiger partial charge in [-0.05, 0) is 49.2 Å². The van der Waals surface area contributed by atoms with Crippen molar-refractivity contribution in [3.63, 3.8) is 0 Å². The first-order valence-corrected chi connectivity index (χ1v) is 11.3. The van der Waals surface area contributed by atoms with Gasteiger partial charge in [0, 0.05) is 22.6 Å². The predicted octanol–water partition coefficient (Wildman–Crippen LogP) is 5.47. The molecule has 0 radical (unpaired) electrons. The quantitative estimate of drug-likeness (QED) is 0.427. The largest absolute Gasteiger partial charge is 0.482 e. The summed E-state index contributed by atoms with van der Waals surface area (Å²) in [4.78, 5) is 27.1. The molecule has 162 valence electrons. The average Bonchev–Trinajstić information content (AvgIpc) is 2.71. The third-order valence-electron chi connectivity index (χ3n) is 4.48. The van der Waals surface area contributed by atoms with Gasteiger partial charge in [0.2, 0.25) is 5.91 Å². The maximum absolute atomic E-state index is 13.0. The van der Waals surface area contributed by atoms with Crippen LogP contribution < -0.4 is 10.1 Å². The van der Waals surface area contributed by atoms with Crippen molar-refractivity contribution in [2.45, 2.75) is 39.3 Å². The number of ether oxygens (including phenoxy) is 1. The Morgan fingerprint density at radius 3 is 2.63 bits per heavy atom. The minimum Gasteiger partial charge on any atom is -0.482 e. The number of halogens is 3. The molecule has 0 spiro atoms. The summed E-state index contributed by atoms with van der Waals surface area (Å²) in [6.07, 6.45) is 1.86. The molecule has 2 aromatic carbocycles. The molecule has 5 nitrogen and oxygen atoms in total. The van der Waals surface area contributed by atoms with Gasteiger partial charge in [-0.15, -0.1) is 0 Å². The molecular weight excluding hydrogens is 491 g/mol. The van der Waals surface area contributed by atoms with Gasteiger partial charge < -0.3 is 15.0 Å². The fraction of sp³-hybridized carbons (Fsp3) is 0.364. The highest BCUT2D eigenvalue weighted by Gasteiger charge is 2.26. The summed E-state index contributed by atoms with van der Waals surface area (Å²) in [6.45, 7) is 4.38. The van der Waals surface area contributed by atoms with Gasteiger partial charge in [0.25, 0.3) is 5.91 Å². The maximum Gasteiger partial charge on any atom is 0.261 e. The Kier molecular flexibility index (Phi) is 9.95. The zero-order valence-electron chi connectivity index (χ0n) is 17.0. The van der Waals surface area contributed by atoms with E-state index in [4.69, 9.17) is 27.9 Å². The molecule has 0 saturated heterocycles. The summed E-state index contributed by atoms with van der Waals surface area (Å²) in [6, 6.07) is 11.8. The van der Waals surface area contributed by atoms with Crippen LogP contribution in [0.2, 0.25) is 10.0 Å². The molecule has 2 aromatic rings. The van der Waals surface area contributed by atoms with Crippen LogP contribution >= 0.6 is 39.1 Å². The number of hydrogen-bond acceptors (Lipinski definition) is 3. The van der Waals surface area contributed by atoms with Crippen LogP contribution in [0.5, 0.6) is 5.75 Å². The van der Waals surface area contributed by atoms with Crippen LogP contribution in [-0.4, -0.2) is 35.9 Å². The summed E-state index contributed by atoms with van der Waals surface area (Å²) in [5.41, 5.74) is 0.899. The van der Waals surface area contributed by atoms with Crippen LogP contribution in [0, 0.1) is 0 Å². The lowest BCUT2D eigenvalue weighted by Crippen LogP contribution is -2.49. The molecule has 2 rings (SSSR count). The molecule has 1 atom stereocenters. The van der Waals surface area contributed by atoms with Crippen molar-refractivity contribution in [2.75, 3.05) is 13.2 Å². The molecule has 1 N–H and O–H groups in total. The van der Waals surface area contributed by atoms with E-state index in [2.05, 4.69) is 28.2 Å². The van der Waals surface area contributed by atoms with Crippen LogP contribution in [0.25, 0.3) is 0 Å². The predicted molar refractivity (Wildman–Crippen MR) is 124 cm³/mol. The number of benzene rings is 2. The van der Waals surface area contributed by atoms with Gasteiger partial charge in [-0.3, -0.25) is 9.59 Å². The van der Waals surface area contributed by atoms with Gasteiger partial charge in [0.1, 0.15) is 11.8 Å². The topological polar surface area (TPSA) is 58.6 Å². The second kappa shape index (κ2) is 12.2. The Bertz CT molecular complexity index is 879. The van der Waals surface area contributed by atoms with Gasteiger partial charge in [-0.2, -0.15) is 0 Å². The average molecular weight is 516 g/mol. The van der Waals surface area contributed by atoms with E-state index in [-0.39, 0.29) is 25.0 Å². The van der Waals surface area contributed by atoms with Crippen LogP contribution in [0.3, 0.4) is 0 Å². The van der Waals surface area contributed by atoms with Crippen molar-refractivity contribution in [3.8, 4) is 5.75 Å². The molecule has 8 heteroatoms. The van der Waals surface area contributed by atoms with Crippen molar-refractivity contribution < 1.29 is 14.3 Å². The number of carbonyl (C=O) groups excluding carboxylic acids is 2. The van der Waals surface area contributed by atoms with Gasteiger partial charge in [-0.25, -0.2) is 0 Å². The number of hydrogen-bond donors (Lipinski definition) is 1. The Labute approximate surface area is 195 Å². The second-order valence-corrected chi connectivity index (χ2v) is 8.59. The van der Waals surface area contributed by atoms with E-state index in [0.29, 0.717) is 22.3 Å². The summed E-state index contributed by atoms with van der Waals surface area (Å²) in [5.74, 6) is -0.160. The molecular formula is C22H25BrCl2N2O3. The molecule has 0 bridgehead atoms. The van der Waals surface area contributed by atoms with Crippen LogP contribution in [0.1, 0.15) is 32.3 Å². The lowest BCUT2D eigenvalue weighted by Gasteiger charge is -2.29. The summed E-state index contributed by atoms with van der Waals surface area (Å²) in [5, 5.41) is 3.68. The first-order valence-electron chi connectivity index (χ1n) is 9.71. The van der Waals surface area contributed by atoms with Gasteiger partial charge in [0.15, 0.2) is 6.61 Å². The highest BCUT2D eigenvalue weighted by atomic mass is 79.9. The molecule has 0 saturated carbocycles. The van der Waals surface area contributed by atoms with Crippen molar-refractivity contribution in [1.82, 2.24) is 10.2 Å². The highest BCUT2D eigenvalue weighted by molar-refractivity contribution is 9.10. The van der Waals surface area contributed by atoms with E-state index < -0.39 is 6.04 Å². The molecule has 0 aliphatic carbocycles. The van der Waals surface area contributed by atoms with Crippen molar-refractivity contribution in [2.24, 2.45) is 0 Å². The summed E-state index contributed by atoms with van der Waals surface area (Å²) < 4.78 is 6.50. The number of nitrogens with zero attached hydrogens (tertiary/aromatic N) is 1. The van der Waals surface area contributed by atoms with Crippen LogP contribution in [-0.2, 0) is 16.1 Å². The van der Waals surface area contributed by atoms with E-state index in [1.807, 2.05) is 24.3 Å². The molecule has 0 unspecified atom stereocenters. The lowest BCUT2D eigenvalue weighted by atomic mass is 10.1. The Morgan fingerprint density at radius 1 is 1.20 bits per heavy atom. The first kappa shape index (κ1) is 24.5. The number of unbranched alkanes of at least 4 members (excludes halogenated alkanes) is 1.